The van der Waals surface area contributed by atoms with Crippen LogP contribution in [0.4, 0.5) is 5.69 Å². The molecule has 0 spiro atoms. The highest BCUT2D eigenvalue weighted by molar-refractivity contribution is 6.10. The van der Waals surface area contributed by atoms with Crippen molar-refractivity contribution in [3.8, 4) is 22.6 Å². The Hall–Kier alpha value is -3.79. The Morgan fingerprint density at radius 2 is 1.50 bits per heavy atom. The highest BCUT2D eigenvalue weighted by Gasteiger charge is 2.16. The van der Waals surface area contributed by atoms with Crippen molar-refractivity contribution in [2.45, 2.75) is 20.8 Å². The van der Waals surface area contributed by atoms with E-state index in [0.717, 1.165) is 38.7 Å². The summed E-state index contributed by atoms with van der Waals surface area (Å²) in [7, 11) is 3.24. The third-order valence-corrected chi connectivity index (χ3v) is 5.93. The molecule has 0 aliphatic carbocycles. The second kappa shape index (κ2) is 8.75. The minimum absolute atomic E-state index is 0.149. The summed E-state index contributed by atoms with van der Waals surface area (Å²) in [6.45, 7) is 6.11. The number of hydrogen-bond donors (Lipinski definition) is 1. The second-order valence-electron chi connectivity index (χ2n) is 8.02. The van der Waals surface area contributed by atoms with Gasteiger partial charge in [0.05, 0.1) is 14.2 Å². The van der Waals surface area contributed by atoms with E-state index in [-0.39, 0.29) is 5.91 Å². The predicted molar refractivity (Wildman–Crippen MR) is 131 cm³/mol. The van der Waals surface area contributed by atoms with Crippen molar-refractivity contribution in [3.63, 3.8) is 0 Å². The third-order valence-electron chi connectivity index (χ3n) is 5.93. The van der Waals surface area contributed by atoms with Crippen molar-refractivity contribution in [2.24, 2.45) is 0 Å². The summed E-state index contributed by atoms with van der Waals surface area (Å²) in [5.74, 6) is 1.13. The summed E-state index contributed by atoms with van der Waals surface area (Å²) in [6, 6.07) is 21.9. The average Bonchev–Trinajstić information content (AvgIpc) is 2.80. The highest BCUT2D eigenvalue weighted by atomic mass is 16.5. The number of methoxy groups -OCH3 is 2. The number of carbonyl (C=O) groups is 1. The Balaban J connectivity index is 1.88. The molecular weight excluding hydrogens is 398 g/mol. The van der Waals surface area contributed by atoms with Crippen LogP contribution in [-0.4, -0.2) is 20.1 Å². The van der Waals surface area contributed by atoms with E-state index in [1.54, 1.807) is 14.2 Å². The van der Waals surface area contributed by atoms with Crippen LogP contribution >= 0.6 is 0 Å². The van der Waals surface area contributed by atoms with Gasteiger partial charge in [-0.2, -0.15) is 0 Å². The third kappa shape index (κ3) is 4.04. The summed E-state index contributed by atoms with van der Waals surface area (Å²) >= 11 is 0. The van der Waals surface area contributed by atoms with Crippen molar-refractivity contribution in [3.05, 3.63) is 89.0 Å². The zero-order valence-corrected chi connectivity index (χ0v) is 19.1. The van der Waals surface area contributed by atoms with Gasteiger partial charge in [-0.05, 0) is 84.1 Å². The van der Waals surface area contributed by atoms with E-state index in [1.807, 2.05) is 56.3 Å². The van der Waals surface area contributed by atoms with E-state index in [4.69, 9.17) is 9.47 Å². The quantitative estimate of drug-likeness (QED) is 0.387. The fourth-order valence-electron chi connectivity index (χ4n) is 3.87. The van der Waals surface area contributed by atoms with Crippen LogP contribution in [0.3, 0.4) is 0 Å². The smallest absolute Gasteiger partial charge is 0.255 e. The summed E-state index contributed by atoms with van der Waals surface area (Å²) in [6.07, 6.45) is 0. The molecule has 0 bridgehead atoms. The number of anilines is 1. The van der Waals surface area contributed by atoms with E-state index in [2.05, 4.69) is 36.5 Å². The molecule has 32 heavy (non-hydrogen) atoms. The molecule has 4 rings (SSSR count). The minimum Gasteiger partial charge on any atom is -0.493 e. The predicted octanol–water partition coefficient (Wildman–Crippen LogP) is 6.70. The summed E-state index contributed by atoms with van der Waals surface area (Å²) in [5.41, 5.74) is 6.79. The zero-order chi connectivity index (χ0) is 22.8. The maximum Gasteiger partial charge on any atom is 0.255 e. The van der Waals surface area contributed by atoms with Gasteiger partial charge in [-0.15, -0.1) is 0 Å². The van der Waals surface area contributed by atoms with Crippen molar-refractivity contribution in [1.29, 1.82) is 0 Å². The van der Waals surface area contributed by atoms with Gasteiger partial charge < -0.3 is 14.8 Å². The molecule has 4 aromatic rings. The van der Waals surface area contributed by atoms with Crippen LogP contribution in [-0.2, 0) is 0 Å². The number of benzene rings is 4. The van der Waals surface area contributed by atoms with E-state index in [9.17, 15) is 4.79 Å². The van der Waals surface area contributed by atoms with E-state index in [0.29, 0.717) is 17.1 Å². The van der Waals surface area contributed by atoms with Gasteiger partial charge in [0.25, 0.3) is 5.91 Å². The summed E-state index contributed by atoms with van der Waals surface area (Å²) < 4.78 is 11.0. The lowest BCUT2D eigenvalue weighted by Crippen LogP contribution is -2.13. The van der Waals surface area contributed by atoms with Gasteiger partial charge in [-0.1, -0.05) is 42.0 Å². The summed E-state index contributed by atoms with van der Waals surface area (Å²) in [5, 5.41) is 4.98. The van der Waals surface area contributed by atoms with Crippen LogP contribution in [0.5, 0.6) is 11.5 Å². The van der Waals surface area contributed by atoms with Gasteiger partial charge in [0, 0.05) is 11.3 Å². The monoisotopic (exact) mass is 425 g/mol. The van der Waals surface area contributed by atoms with Crippen molar-refractivity contribution in [2.75, 3.05) is 19.5 Å². The first-order chi connectivity index (χ1) is 15.4. The molecule has 4 nitrogen and oxygen atoms in total. The Morgan fingerprint density at radius 3 is 2.19 bits per heavy atom. The summed E-state index contributed by atoms with van der Waals surface area (Å²) in [4.78, 5) is 13.3. The lowest BCUT2D eigenvalue weighted by molar-refractivity contribution is 0.102. The van der Waals surface area contributed by atoms with Gasteiger partial charge >= 0.3 is 0 Å². The maximum atomic E-state index is 13.3. The zero-order valence-electron chi connectivity index (χ0n) is 19.1. The highest BCUT2D eigenvalue weighted by Crippen LogP contribution is 2.38. The molecule has 0 saturated heterocycles. The molecule has 0 heterocycles. The van der Waals surface area contributed by atoms with Gasteiger partial charge in [-0.3, -0.25) is 4.79 Å². The van der Waals surface area contributed by atoms with E-state index < -0.39 is 0 Å². The Kier molecular flexibility index (Phi) is 5.87. The largest absolute Gasteiger partial charge is 0.493 e. The first-order valence-corrected chi connectivity index (χ1v) is 10.6. The lowest BCUT2D eigenvalue weighted by Gasteiger charge is -2.15. The van der Waals surface area contributed by atoms with Gasteiger partial charge in [0.15, 0.2) is 11.5 Å². The molecule has 4 heteroatoms. The fourth-order valence-corrected chi connectivity index (χ4v) is 3.87. The Bertz CT molecular complexity index is 1310. The van der Waals surface area contributed by atoms with Crippen LogP contribution in [0, 0.1) is 20.8 Å². The molecule has 0 aromatic heterocycles. The number of ether oxygens (including phenoxy) is 2. The molecule has 0 fully saturated rings. The molecule has 4 aromatic carbocycles. The topological polar surface area (TPSA) is 47.6 Å². The number of amides is 1. The number of nitrogens with one attached hydrogen (secondary N) is 1. The first kappa shape index (κ1) is 21.4. The minimum atomic E-state index is -0.149. The molecule has 0 radical (unpaired) electrons. The molecule has 1 N–H and O–H groups in total. The number of aryl methyl sites for hydroxylation is 2. The van der Waals surface area contributed by atoms with Gasteiger partial charge in [0.1, 0.15) is 0 Å². The SMILES string of the molecule is COc1cc2cc(C(=O)Nc3cccc(C)c3C)cc(-c3ccc(C)cc3)c2cc1OC. The lowest BCUT2D eigenvalue weighted by atomic mass is 9.94. The molecular formula is C28H27NO3. The van der Waals surface area contributed by atoms with Crippen LogP contribution < -0.4 is 14.8 Å². The first-order valence-electron chi connectivity index (χ1n) is 10.6. The number of fused-ring (bicyclic) bond motifs is 1. The molecule has 0 aliphatic rings. The number of hydrogen-bond acceptors (Lipinski definition) is 3. The molecule has 0 saturated carbocycles. The standard InChI is InChI=1S/C28H27NO3/c1-17-9-11-20(12-10-17)23-14-22(28(30)29-25-8-6-7-18(2)19(25)3)13-21-15-26(31-4)27(32-5)16-24(21)23/h6-16H,1-5H3,(H,29,30). The van der Waals surface area contributed by atoms with Crippen LogP contribution in [0.1, 0.15) is 27.0 Å². The Labute approximate surface area is 188 Å². The van der Waals surface area contributed by atoms with Crippen LogP contribution in [0.25, 0.3) is 21.9 Å². The molecule has 0 aliphatic heterocycles. The van der Waals surface area contributed by atoms with Crippen molar-refractivity contribution in [1.82, 2.24) is 0 Å². The average molecular weight is 426 g/mol. The van der Waals surface area contributed by atoms with Crippen LogP contribution in [0.2, 0.25) is 0 Å². The molecule has 0 atom stereocenters. The van der Waals surface area contributed by atoms with E-state index >= 15 is 0 Å². The van der Waals surface area contributed by atoms with Gasteiger partial charge in [-0.25, -0.2) is 0 Å². The number of rotatable bonds is 5. The molecule has 162 valence electrons. The number of carbonyl (C=O) groups excluding carboxylic acids is 1. The van der Waals surface area contributed by atoms with Gasteiger partial charge in [0.2, 0.25) is 0 Å². The molecule has 0 unspecified atom stereocenters. The van der Waals surface area contributed by atoms with Crippen molar-refractivity contribution >= 4 is 22.4 Å². The maximum absolute atomic E-state index is 13.3. The normalized spacial score (nSPS) is 10.8. The second-order valence-corrected chi connectivity index (χ2v) is 8.02. The van der Waals surface area contributed by atoms with E-state index in [1.165, 1.54) is 5.56 Å². The fraction of sp³-hybridized carbons (Fsp3) is 0.179. The van der Waals surface area contributed by atoms with Crippen molar-refractivity contribution < 1.29 is 14.3 Å². The Morgan fingerprint density at radius 1 is 0.812 bits per heavy atom. The van der Waals surface area contributed by atoms with Crippen LogP contribution in [0.15, 0.2) is 66.7 Å². The molecule has 1 amide bonds.